The molecule has 1 aliphatic heterocycles. The third-order valence-corrected chi connectivity index (χ3v) is 4.69. The number of benzene rings is 3. The first-order valence-electron chi connectivity index (χ1n) is 9.26. The molecule has 1 heterocycles. The van der Waals surface area contributed by atoms with Gasteiger partial charge >= 0.3 is 0 Å². The highest BCUT2D eigenvalue weighted by Gasteiger charge is 2.35. The van der Waals surface area contributed by atoms with Crippen molar-refractivity contribution in [2.75, 3.05) is 5.32 Å². The van der Waals surface area contributed by atoms with Crippen LogP contribution in [0.25, 0.3) is 6.08 Å². The molecule has 0 saturated carbocycles. The van der Waals surface area contributed by atoms with Crippen molar-refractivity contribution >= 4 is 35.2 Å². The predicted molar refractivity (Wildman–Crippen MR) is 113 cm³/mol. The van der Waals surface area contributed by atoms with Gasteiger partial charge < -0.3 is 5.32 Å². The van der Waals surface area contributed by atoms with E-state index in [0.29, 0.717) is 5.56 Å². The van der Waals surface area contributed by atoms with Crippen molar-refractivity contribution in [3.05, 3.63) is 111 Å². The molecule has 3 aromatic rings. The summed E-state index contributed by atoms with van der Waals surface area (Å²) in [5, 5.41) is 13.8. The van der Waals surface area contributed by atoms with E-state index in [0.717, 1.165) is 4.90 Å². The summed E-state index contributed by atoms with van der Waals surface area (Å²) in [6.45, 7) is 0. The lowest BCUT2D eigenvalue weighted by Gasteiger charge is -2.20. The SMILES string of the molecule is O=C1Nc2ccccc2C(=O)N(C(=O)c2ccccc2)/C1=C/c1cccc([N+](=O)[O-])c1. The molecule has 31 heavy (non-hydrogen) atoms. The van der Waals surface area contributed by atoms with Gasteiger partial charge in [0.15, 0.2) is 0 Å². The molecule has 8 nitrogen and oxygen atoms in total. The van der Waals surface area contributed by atoms with Gasteiger partial charge in [-0.1, -0.05) is 42.5 Å². The number of nitrogens with one attached hydrogen (secondary N) is 1. The number of fused-ring (bicyclic) bond motifs is 1. The van der Waals surface area contributed by atoms with Crippen LogP contribution in [-0.4, -0.2) is 27.5 Å². The average Bonchev–Trinajstić information content (AvgIpc) is 2.88. The molecule has 4 rings (SSSR count). The van der Waals surface area contributed by atoms with E-state index in [-0.39, 0.29) is 28.2 Å². The molecule has 1 aliphatic rings. The van der Waals surface area contributed by atoms with Crippen LogP contribution in [-0.2, 0) is 4.79 Å². The van der Waals surface area contributed by atoms with Gasteiger partial charge in [-0.15, -0.1) is 0 Å². The van der Waals surface area contributed by atoms with E-state index >= 15 is 0 Å². The normalized spacial score (nSPS) is 14.6. The number of nitro benzene ring substituents is 1. The van der Waals surface area contributed by atoms with Gasteiger partial charge in [0.05, 0.1) is 16.2 Å². The van der Waals surface area contributed by atoms with Crippen molar-refractivity contribution in [3.8, 4) is 0 Å². The van der Waals surface area contributed by atoms with Gasteiger partial charge in [0.2, 0.25) is 0 Å². The number of amides is 3. The van der Waals surface area contributed by atoms with E-state index < -0.39 is 22.6 Å². The molecule has 0 bridgehead atoms. The van der Waals surface area contributed by atoms with E-state index in [1.165, 1.54) is 42.5 Å². The summed E-state index contributed by atoms with van der Waals surface area (Å²) in [6, 6.07) is 20.0. The summed E-state index contributed by atoms with van der Waals surface area (Å²) in [4.78, 5) is 51.0. The molecule has 0 radical (unpaired) electrons. The second kappa shape index (κ2) is 8.03. The van der Waals surface area contributed by atoms with Crippen molar-refractivity contribution in [2.45, 2.75) is 0 Å². The fraction of sp³-hybridized carbons (Fsp3) is 0. The smallest absolute Gasteiger partial charge is 0.272 e. The van der Waals surface area contributed by atoms with Gasteiger partial charge in [0.1, 0.15) is 5.70 Å². The number of carbonyl (C=O) groups excluding carboxylic acids is 3. The topological polar surface area (TPSA) is 110 Å². The monoisotopic (exact) mass is 413 g/mol. The zero-order valence-electron chi connectivity index (χ0n) is 16.0. The van der Waals surface area contributed by atoms with Crippen molar-refractivity contribution < 1.29 is 19.3 Å². The van der Waals surface area contributed by atoms with Crippen LogP contribution in [0.3, 0.4) is 0 Å². The van der Waals surface area contributed by atoms with Gasteiger partial charge in [-0.3, -0.25) is 24.5 Å². The molecule has 0 saturated heterocycles. The minimum Gasteiger partial charge on any atom is -0.320 e. The summed E-state index contributed by atoms with van der Waals surface area (Å²) in [5.74, 6) is -2.05. The molecule has 0 aromatic heterocycles. The molecule has 0 fully saturated rings. The summed E-state index contributed by atoms with van der Waals surface area (Å²) < 4.78 is 0. The number of hydrogen-bond acceptors (Lipinski definition) is 5. The standard InChI is InChI=1S/C23H15N3O5/c27-21-20(14-15-7-6-10-17(13-15)26(30)31)25(22(28)16-8-2-1-3-9-16)23(29)18-11-4-5-12-19(18)24-21/h1-14H,(H,24,27)/b20-14+. The van der Waals surface area contributed by atoms with Crippen molar-refractivity contribution in [3.63, 3.8) is 0 Å². The van der Waals surface area contributed by atoms with E-state index in [1.807, 2.05) is 0 Å². The Balaban J connectivity index is 1.89. The van der Waals surface area contributed by atoms with E-state index in [2.05, 4.69) is 5.32 Å². The third kappa shape index (κ3) is 3.82. The van der Waals surface area contributed by atoms with Crippen LogP contribution in [0, 0.1) is 10.1 Å². The molecular weight excluding hydrogens is 398 g/mol. The van der Waals surface area contributed by atoms with Crippen LogP contribution in [0.1, 0.15) is 26.3 Å². The Morgan fingerprint density at radius 3 is 2.39 bits per heavy atom. The lowest BCUT2D eigenvalue weighted by molar-refractivity contribution is -0.384. The van der Waals surface area contributed by atoms with Crippen molar-refractivity contribution in [2.24, 2.45) is 0 Å². The largest absolute Gasteiger partial charge is 0.320 e. The Morgan fingerprint density at radius 2 is 1.65 bits per heavy atom. The highest BCUT2D eigenvalue weighted by molar-refractivity contribution is 6.23. The van der Waals surface area contributed by atoms with Gasteiger partial charge in [-0.05, 0) is 35.9 Å². The average molecular weight is 413 g/mol. The number of imide groups is 1. The zero-order chi connectivity index (χ0) is 22.0. The van der Waals surface area contributed by atoms with E-state index in [9.17, 15) is 24.5 Å². The molecule has 8 heteroatoms. The number of anilines is 1. The maximum Gasteiger partial charge on any atom is 0.272 e. The molecule has 0 aliphatic carbocycles. The fourth-order valence-corrected chi connectivity index (χ4v) is 3.22. The maximum atomic E-state index is 13.3. The Morgan fingerprint density at radius 1 is 0.935 bits per heavy atom. The Hall–Kier alpha value is -4.59. The van der Waals surface area contributed by atoms with Crippen LogP contribution < -0.4 is 5.32 Å². The number of rotatable bonds is 3. The molecule has 3 amide bonds. The fourth-order valence-electron chi connectivity index (χ4n) is 3.22. The molecule has 0 atom stereocenters. The minimum absolute atomic E-state index is 0.155. The van der Waals surface area contributed by atoms with Crippen molar-refractivity contribution in [1.29, 1.82) is 0 Å². The van der Waals surface area contributed by atoms with Crippen LogP contribution in [0.15, 0.2) is 84.6 Å². The van der Waals surface area contributed by atoms with Gasteiger partial charge in [-0.25, -0.2) is 4.90 Å². The third-order valence-electron chi connectivity index (χ3n) is 4.69. The first-order chi connectivity index (χ1) is 15.0. The Kier molecular flexibility index (Phi) is 5.11. The van der Waals surface area contributed by atoms with Crippen molar-refractivity contribution in [1.82, 2.24) is 4.90 Å². The number of nitrogens with zero attached hydrogens (tertiary/aromatic N) is 2. The van der Waals surface area contributed by atoms with E-state index in [1.54, 1.807) is 42.5 Å². The number of carbonyl (C=O) groups is 3. The molecule has 0 spiro atoms. The second-order valence-electron chi connectivity index (χ2n) is 6.69. The summed E-state index contributed by atoms with van der Waals surface area (Å²) in [5.41, 5.74) is 0.514. The lowest BCUT2D eigenvalue weighted by atomic mass is 10.1. The van der Waals surface area contributed by atoms with Gasteiger partial charge in [-0.2, -0.15) is 0 Å². The highest BCUT2D eigenvalue weighted by atomic mass is 16.6. The second-order valence-corrected chi connectivity index (χ2v) is 6.69. The Bertz CT molecular complexity index is 1250. The first kappa shape index (κ1) is 19.7. The number of hydrogen-bond donors (Lipinski definition) is 1. The van der Waals surface area contributed by atoms with Crippen LogP contribution >= 0.6 is 0 Å². The van der Waals surface area contributed by atoms with Crippen LogP contribution in [0.4, 0.5) is 11.4 Å². The first-order valence-corrected chi connectivity index (χ1v) is 9.26. The van der Waals surface area contributed by atoms with Crippen LogP contribution in [0.2, 0.25) is 0 Å². The summed E-state index contributed by atoms with van der Waals surface area (Å²) in [7, 11) is 0. The number of para-hydroxylation sites is 1. The molecule has 1 N–H and O–H groups in total. The van der Waals surface area contributed by atoms with Crippen LogP contribution in [0.5, 0.6) is 0 Å². The zero-order valence-corrected chi connectivity index (χ0v) is 16.0. The van der Waals surface area contributed by atoms with Gasteiger partial charge in [0, 0.05) is 17.7 Å². The predicted octanol–water partition coefficient (Wildman–Crippen LogP) is 3.87. The molecular formula is C23H15N3O5. The molecule has 152 valence electrons. The molecule has 0 unspecified atom stereocenters. The Labute approximate surface area is 176 Å². The summed E-state index contributed by atoms with van der Waals surface area (Å²) in [6.07, 6.45) is 1.28. The number of non-ortho nitro benzene ring substituents is 1. The molecule has 3 aromatic carbocycles. The van der Waals surface area contributed by atoms with E-state index in [4.69, 9.17) is 0 Å². The lowest BCUT2D eigenvalue weighted by Crippen LogP contribution is -2.38. The number of nitro groups is 1. The quantitative estimate of drug-likeness (QED) is 0.303. The van der Waals surface area contributed by atoms with Gasteiger partial charge in [0.25, 0.3) is 23.4 Å². The highest BCUT2D eigenvalue weighted by Crippen LogP contribution is 2.28. The summed E-state index contributed by atoms with van der Waals surface area (Å²) >= 11 is 0. The maximum absolute atomic E-state index is 13.3. The minimum atomic E-state index is -0.686.